The number of nitrogens with one attached hydrogen (secondary N) is 2. The molecule has 29 heavy (non-hydrogen) atoms. The zero-order valence-corrected chi connectivity index (χ0v) is 17.7. The zero-order chi connectivity index (χ0) is 19.8. The third kappa shape index (κ3) is 7.08. The molecule has 1 amide bonds. The van der Waals surface area contributed by atoms with Crippen LogP contribution in [0.3, 0.4) is 0 Å². The minimum atomic E-state index is -0.786. The van der Waals surface area contributed by atoms with Gasteiger partial charge < -0.3 is 15.7 Å². The van der Waals surface area contributed by atoms with Crippen LogP contribution >= 0.6 is 12.4 Å². The van der Waals surface area contributed by atoms with Crippen molar-refractivity contribution in [3.8, 4) is 0 Å². The molecule has 0 spiro atoms. The number of hydrogen-bond donors (Lipinski definition) is 3. The second-order valence-electron chi connectivity index (χ2n) is 7.39. The van der Waals surface area contributed by atoms with Gasteiger partial charge in [-0.3, -0.25) is 9.69 Å². The molecule has 1 saturated heterocycles. The van der Waals surface area contributed by atoms with Gasteiger partial charge in [0.15, 0.2) is 5.69 Å². The van der Waals surface area contributed by atoms with E-state index in [-0.39, 0.29) is 24.0 Å². The van der Waals surface area contributed by atoms with Crippen LogP contribution in [0.1, 0.15) is 35.8 Å². The highest BCUT2D eigenvalue weighted by molar-refractivity contribution is 5.91. The Hall–Kier alpha value is -2.00. The van der Waals surface area contributed by atoms with Crippen molar-refractivity contribution < 1.29 is 9.90 Å². The van der Waals surface area contributed by atoms with Gasteiger partial charge in [-0.2, -0.15) is 0 Å². The molecule has 2 aromatic rings. The number of aromatic nitrogens is 3. The van der Waals surface area contributed by atoms with Gasteiger partial charge in [0.2, 0.25) is 0 Å². The second-order valence-corrected chi connectivity index (χ2v) is 7.39. The summed E-state index contributed by atoms with van der Waals surface area (Å²) in [5, 5.41) is 24.7. The fourth-order valence-corrected chi connectivity index (χ4v) is 3.44. The summed E-state index contributed by atoms with van der Waals surface area (Å²) >= 11 is 0. The number of rotatable bonds is 9. The number of carbonyl (C=O) groups excluding carboxylic acids is 1. The Morgan fingerprint density at radius 3 is 2.72 bits per heavy atom. The normalized spacial score (nSPS) is 15.7. The minimum absolute atomic E-state index is 0. The predicted octanol–water partition coefficient (Wildman–Crippen LogP) is 1.07. The van der Waals surface area contributed by atoms with E-state index < -0.39 is 5.60 Å². The van der Waals surface area contributed by atoms with E-state index in [0.29, 0.717) is 25.9 Å². The van der Waals surface area contributed by atoms with Gasteiger partial charge in [0.25, 0.3) is 5.91 Å². The monoisotopic (exact) mass is 422 g/mol. The number of hydrogen-bond acceptors (Lipinski definition) is 6. The van der Waals surface area contributed by atoms with E-state index in [1.54, 1.807) is 10.9 Å². The molecule has 0 aliphatic carbocycles. The summed E-state index contributed by atoms with van der Waals surface area (Å²) in [5.74, 6) is -0.237. The van der Waals surface area contributed by atoms with Gasteiger partial charge in [0, 0.05) is 19.6 Å². The van der Waals surface area contributed by atoms with Crippen molar-refractivity contribution in [3.63, 3.8) is 0 Å². The summed E-state index contributed by atoms with van der Waals surface area (Å²) < 4.78 is 1.56. The van der Waals surface area contributed by atoms with Gasteiger partial charge in [-0.05, 0) is 38.0 Å². The Balaban J connectivity index is 0.00000300. The van der Waals surface area contributed by atoms with Gasteiger partial charge in [0.1, 0.15) is 0 Å². The fourth-order valence-electron chi connectivity index (χ4n) is 3.44. The van der Waals surface area contributed by atoms with E-state index in [2.05, 4.69) is 44.9 Å². The molecule has 1 aromatic heterocycles. The van der Waals surface area contributed by atoms with Crippen molar-refractivity contribution >= 4 is 18.3 Å². The van der Waals surface area contributed by atoms with Crippen LogP contribution in [0.5, 0.6) is 0 Å². The number of aliphatic hydroxyl groups is 1. The second kappa shape index (κ2) is 11.3. The molecule has 8 nitrogen and oxygen atoms in total. The first kappa shape index (κ1) is 23.3. The zero-order valence-electron chi connectivity index (χ0n) is 16.9. The van der Waals surface area contributed by atoms with Crippen LogP contribution in [-0.2, 0) is 13.1 Å². The SMILES string of the molecule is CCN(CCNC(=O)c1cn(CC2(O)CCNCC2)nn1)Cc1ccccc1.Cl. The van der Waals surface area contributed by atoms with Gasteiger partial charge in [0.05, 0.1) is 18.3 Å². The van der Waals surface area contributed by atoms with Gasteiger partial charge in [-0.25, -0.2) is 4.68 Å². The molecule has 1 aliphatic rings. The summed E-state index contributed by atoms with van der Waals surface area (Å²) in [5.41, 5.74) is 0.754. The van der Waals surface area contributed by atoms with E-state index in [9.17, 15) is 9.90 Å². The molecular formula is C20H31ClN6O2. The number of nitrogens with zero attached hydrogens (tertiary/aromatic N) is 4. The summed E-state index contributed by atoms with van der Waals surface area (Å²) in [4.78, 5) is 14.6. The van der Waals surface area contributed by atoms with E-state index >= 15 is 0 Å². The molecule has 3 rings (SSSR count). The highest BCUT2D eigenvalue weighted by atomic mass is 35.5. The van der Waals surface area contributed by atoms with Crippen molar-refractivity contribution in [1.29, 1.82) is 0 Å². The molecule has 1 fully saturated rings. The van der Waals surface area contributed by atoms with E-state index in [0.717, 1.165) is 32.7 Å². The average molecular weight is 423 g/mol. The lowest BCUT2D eigenvalue weighted by atomic mass is 9.92. The van der Waals surface area contributed by atoms with Gasteiger partial charge >= 0.3 is 0 Å². The number of carbonyl (C=O) groups is 1. The molecule has 9 heteroatoms. The van der Waals surface area contributed by atoms with Crippen LogP contribution in [0, 0.1) is 0 Å². The quantitative estimate of drug-likeness (QED) is 0.559. The summed E-state index contributed by atoms with van der Waals surface area (Å²) in [6.45, 7) is 7.12. The van der Waals surface area contributed by atoms with Crippen LogP contribution in [-0.4, -0.2) is 69.2 Å². The fraction of sp³-hybridized carbons (Fsp3) is 0.550. The third-order valence-electron chi connectivity index (χ3n) is 5.17. The maximum Gasteiger partial charge on any atom is 0.273 e. The number of likely N-dealkylation sites (N-methyl/N-ethyl adjacent to an activating group) is 1. The Labute approximate surface area is 178 Å². The first-order valence-electron chi connectivity index (χ1n) is 9.96. The highest BCUT2D eigenvalue weighted by Crippen LogP contribution is 2.19. The smallest absolute Gasteiger partial charge is 0.273 e. The van der Waals surface area contributed by atoms with Crippen molar-refractivity contribution in [2.75, 3.05) is 32.7 Å². The Kier molecular flexibility index (Phi) is 9.03. The van der Waals surface area contributed by atoms with Crippen molar-refractivity contribution in [2.24, 2.45) is 0 Å². The van der Waals surface area contributed by atoms with Crippen molar-refractivity contribution in [2.45, 2.75) is 38.5 Å². The molecule has 0 atom stereocenters. The summed E-state index contributed by atoms with van der Waals surface area (Å²) in [6, 6.07) is 10.3. The average Bonchev–Trinajstić information content (AvgIpc) is 3.16. The lowest BCUT2D eigenvalue weighted by Gasteiger charge is -2.32. The maximum atomic E-state index is 12.3. The Morgan fingerprint density at radius 2 is 2.03 bits per heavy atom. The standard InChI is InChI=1S/C20H30N6O2.ClH/c1-2-25(14-17-6-4-3-5-7-17)13-12-22-19(27)18-15-26(24-23-18)16-20(28)8-10-21-11-9-20;/h3-7,15,21,28H,2,8-14,16H2,1H3,(H,22,27);1H. The lowest BCUT2D eigenvalue weighted by molar-refractivity contribution is -0.00866. The lowest BCUT2D eigenvalue weighted by Crippen LogP contribution is -2.44. The van der Waals surface area contributed by atoms with Gasteiger partial charge in [-0.15, -0.1) is 17.5 Å². The largest absolute Gasteiger partial charge is 0.388 e. The summed E-state index contributed by atoms with van der Waals surface area (Å²) in [6.07, 6.45) is 2.95. The van der Waals surface area contributed by atoms with E-state index in [1.807, 2.05) is 18.2 Å². The predicted molar refractivity (Wildman–Crippen MR) is 114 cm³/mol. The van der Waals surface area contributed by atoms with Crippen LogP contribution in [0.25, 0.3) is 0 Å². The highest BCUT2D eigenvalue weighted by Gasteiger charge is 2.30. The summed E-state index contributed by atoms with van der Waals surface area (Å²) in [7, 11) is 0. The molecule has 0 radical (unpaired) electrons. The molecule has 1 aromatic carbocycles. The molecule has 160 valence electrons. The minimum Gasteiger partial charge on any atom is -0.388 e. The van der Waals surface area contributed by atoms with Gasteiger partial charge in [-0.1, -0.05) is 42.5 Å². The molecule has 1 aliphatic heterocycles. The number of benzene rings is 1. The van der Waals surface area contributed by atoms with E-state index in [1.165, 1.54) is 5.56 Å². The number of amides is 1. The Bertz CT molecular complexity index is 748. The molecule has 0 unspecified atom stereocenters. The number of halogens is 1. The molecular weight excluding hydrogens is 392 g/mol. The van der Waals surface area contributed by atoms with E-state index in [4.69, 9.17) is 0 Å². The molecule has 0 saturated carbocycles. The van der Waals surface area contributed by atoms with Crippen LogP contribution < -0.4 is 10.6 Å². The molecule has 3 N–H and O–H groups in total. The third-order valence-corrected chi connectivity index (χ3v) is 5.17. The number of piperidine rings is 1. The molecule has 2 heterocycles. The first-order chi connectivity index (χ1) is 13.6. The maximum absolute atomic E-state index is 12.3. The Morgan fingerprint density at radius 1 is 1.31 bits per heavy atom. The topological polar surface area (TPSA) is 95.3 Å². The van der Waals surface area contributed by atoms with Crippen molar-refractivity contribution in [3.05, 3.63) is 47.8 Å². The van der Waals surface area contributed by atoms with Crippen LogP contribution in [0.2, 0.25) is 0 Å². The molecule has 0 bridgehead atoms. The first-order valence-corrected chi connectivity index (χ1v) is 9.96. The van der Waals surface area contributed by atoms with Crippen molar-refractivity contribution in [1.82, 2.24) is 30.5 Å². The van der Waals surface area contributed by atoms with Crippen LogP contribution in [0.4, 0.5) is 0 Å². The van der Waals surface area contributed by atoms with Crippen LogP contribution in [0.15, 0.2) is 36.5 Å².